The van der Waals surface area contributed by atoms with Crippen LogP contribution in [0.1, 0.15) is 32.1 Å². The van der Waals surface area contributed by atoms with Crippen molar-refractivity contribution in [3.63, 3.8) is 0 Å². The summed E-state index contributed by atoms with van der Waals surface area (Å²) in [7, 11) is -3.37. The first kappa shape index (κ1) is 13.5. The summed E-state index contributed by atoms with van der Waals surface area (Å²) in [6.45, 7) is 0.682. The molecule has 1 saturated carbocycles. The van der Waals surface area contributed by atoms with E-state index < -0.39 is 21.0 Å². The highest BCUT2D eigenvalue weighted by Gasteiger charge is 2.42. The molecule has 1 aliphatic heterocycles. The van der Waals surface area contributed by atoms with Gasteiger partial charge in [-0.05, 0) is 12.8 Å². The first-order valence-electron chi connectivity index (χ1n) is 5.90. The number of rotatable bonds is 4. The second-order valence-corrected chi connectivity index (χ2v) is 6.99. The van der Waals surface area contributed by atoms with Gasteiger partial charge >= 0.3 is 0 Å². The van der Waals surface area contributed by atoms with Crippen LogP contribution in [0.5, 0.6) is 0 Å². The van der Waals surface area contributed by atoms with Crippen LogP contribution in [0, 0.1) is 0 Å². The number of hydrogen-bond donors (Lipinski definition) is 1. The zero-order chi connectivity index (χ0) is 12.4. The van der Waals surface area contributed by atoms with Gasteiger partial charge in [0.15, 0.2) is 5.79 Å². The molecule has 2 aliphatic rings. The van der Waals surface area contributed by atoms with Gasteiger partial charge in [-0.3, -0.25) is 0 Å². The molecule has 1 aliphatic carbocycles. The molecule has 17 heavy (non-hydrogen) atoms. The highest BCUT2D eigenvalue weighted by atomic mass is 35.5. The fourth-order valence-electron chi connectivity index (χ4n) is 2.33. The molecule has 1 heterocycles. The monoisotopic (exact) mass is 283 g/mol. The first-order valence-corrected chi connectivity index (χ1v) is 8.09. The van der Waals surface area contributed by atoms with E-state index in [4.69, 9.17) is 21.1 Å². The molecule has 0 radical (unpaired) electrons. The smallest absolute Gasteiger partial charge is 0.225 e. The summed E-state index contributed by atoms with van der Waals surface area (Å²) in [6.07, 6.45) is 5.06. The van der Waals surface area contributed by atoms with Gasteiger partial charge in [-0.25, -0.2) is 13.1 Å². The molecule has 0 aromatic rings. The van der Waals surface area contributed by atoms with Crippen molar-refractivity contribution in [2.45, 2.75) is 44.0 Å². The van der Waals surface area contributed by atoms with Crippen molar-refractivity contribution >= 4 is 21.6 Å². The highest BCUT2D eigenvalue weighted by Crippen LogP contribution is 2.37. The average Bonchev–Trinajstić information content (AvgIpc) is 2.71. The summed E-state index contributed by atoms with van der Waals surface area (Å²) >= 11 is 5.30. The summed E-state index contributed by atoms with van der Waals surface area (Å²) in [4.78, 5) is 0. The molecule has 0 unspecified atom stereocenters. The molecule has 2 fully saturated rings. The molecule has 0 aromatic carbocycles. The number of ether oxygens (including phenoxy) is 2. The Labute approximate surface area is 107 Å². The average molecular weight is 284 g/mol. The summed E-state index contributed by atoms with van der Waals surface area (Å²) in [5.41, 5.74) is 0. The topological polar surface area (TPSA) is 64.6 Å². The number of halogens is 1. The Hall–Kier alpha value is 0.120. The van der Waals surface area contributed by atoms with Crippen LogP contribution in [0.3, 0.4) is 0 Å². The molecule has 1 atom stereocenters. The van der Waals surface area contributed by atoms with Crippen molar-refractivity contribution in [3.8, 4) is 0 Å². The Morgan fingerprint density at radius 2 is 2.00 bits per heavy atom. The Balaban J connectivity index is 1.82. The number of alkyl halides is 1. The van der Waals surface area contributed by atoms with Gasteiger partial charge in [0.05, 0.1) is 12.7 Å². The molecular formula is C10H18ClNO4S. The maximum absolute atomic E-state index is 11.2. The summed E-state index contributed by atoms with van der Waals surface area (Å²) in [5.74, 6) is -0.449. The fourth-order valence-corrected chi connectivity index (χ4v) is 3.08. The molecule has 1 spiro atoms. The molecule has 1 saturated heterocycles. The van der Waals surface area contributed by atoms with Crippen LogP contribution in [0.15, 0.2) is 0 Å². The summed E-state index contributed by atoms with van der Waals surface area (Å²) in [6, 6.07) is 0. The Kier molecular flexibility index (Phi) is 4.31. The van der Waals surface area contributed by atoms with E-state index >= 15 is 0 Å². The minimum absolute atomic E-state index is 0.203. The van der Waals surface area contributed by atoms with E-state index in [9.17, 15) is 8.42 Å². The SMILES string of the molecule is O=S(=O)(CCl)NC[C@H]1COC2(CCCCC2)O1. The Morgan fingerprint density at radius 1 is 1.29 bits per heavy atom. The van der Waals surface area contributed by atoms with E-state index in [1.165, 1.54) is 6.42 Å². The molecule has 2 rings (SSSR count). The minimum atomic E-state index is -3.37. The molecule has 1 N–H and O–H groups in total. The van der Waals surface area contributed by atoms with Gasteiger partial charge < -0.3 is 9.47 Å². The van der Waals surface area contributed by atoms with Crippen molar-refractivity contribution < 1.29 is 17.9 Å². The van der Waals surface area contributed by atoms with Crippen molar-refractivity contribution in [1.82, 2.24) is 4.72 Å². The second-order valence-electron chi connectivity index (χ2n) is 4.59. The maximum Gasteiger partial charge on any atom is 0.225 e. The lowest BCUT2D eigenvalue weighted by Gasteiger charge is -2.31. The van der Waals surface area contributed by atoms with E-state index in [1.54, 1.807) is 0 Å². The quantitative estimate of drug-likeness (QED) is 0.787. The molecule has 5 nitrogen and oxygen atoms in total. The Morgan fingerprint density at radius 3 is 2.65 bits per heavy atom. The zero-order valence-corrected chi connectivity index (χ0v) is 11.2. The van der Waals surface area contributed by atoms with Crippen LogP contribution in [0.25, 0.3) is 0 Å². The maximum atomic E-state index is 11.2. The predicted octanol–water partition coefficient (Wildman–Crippen LogP) is 1.18. The predicted molar refractivity (Wildman–Crippen MR) is 64.3 cm³/mol. The molecule has 0 amide bonds. The lowest BCUT2D eigenvalue weighted by atomic mass is 9.94. The van der Waals surface area contributed by atoms with Gasteiger partial charge in [0, 0.05) is 19.4 Å². The fraction of sp³-hybridized carbons (Fsp3) is 1.00. The van der Waals surface area contributed by atoms with E-state index in [0.29, 0.717) is 6.61 Å². The molecule has 0 aromatic heterocycles. The molecular weight excluding hydrogens is 266 g/mol. The molecule has 0 bridgehead atoms. The van der Waals surface area contributed by atoms with Gasteiger partial charge in [-0.2, -0.15) is 0 Å². The third-order valence-electron chi connectivity index (χ3n) is 3.20. The van der Waals surface area contributed by atoms with Crippen LogP contribution >= 0.6 is 11.6 Å². The first-order chi connectivity index (χ1) is 8.05. The van der Waals surface area contributed by atoms with Crippen molar-refractivity contribution in [3.05, 3.63) is 0 Å². The van der Waals surface area contributed by atoms with Gasteiger partial charge in [-0.15, -0.1) is 11.6 Å². The largest absolute Gasteiger partial charge is 0.347 e. The van der Waals surface area contributed by atoms with Crippen molar-refractivity contribution in [2.75, 3.05) is 18.4 Å². The number of sulfonamides is 1. The second kappa shape index (κ2) is 5.40. The standard InChI is InChI=1S/C10H18ClNO4S/c11-8-17(13,14)12-6-9-7-15-10(16-9)4-2-1-3-5-10/h9,12H,1-8H2/t9-/m0/s1. The summed E-state index contributed by atoms with van der Waals surface area (Å²) in [5, 5.41) is -0.425. The highest BCUT2D eigenvalue weighted by molar-refractivity contribution is 7.90. The molecule has 100 valence electrons. The van der Waals surface area contributed by atoms with Crippen LogP contribution in [-0.4, -0.2) is 38.7 Å². The van der Waals surface area contributed by atoms with E-state index in [2.05, 4.69) is 4.72 Å². The van der Waals surface area contributed by atoms with Crippen LogP contribution in [0.4, 0.5) is 0 Å². The van der Waals surface area contributed by atoms with E-state index in [0.717, 1.165) is 25.7 Å². The van der Waals surface area contributed by atoms with Gasteiger partial charge in [0.25, 0.3) is 0 Å². The van der Waals surface area contributed by atoms with Crippen LogP contribution < -0.4 is 4.72 Å². The van der Waals surface area contributed by atoms with E-state index in [-0.39, 0.29) is 12.6 Å². The van der Waals surface area contributed by atoms with Crippen molar-refractivity contribution in [1.29, 1.82) is 0 Å². The van der Waals surface area contributed by atoms with Gasteiger partial charge in [0.1, 0.15) is 5.21 Å². The lowest BCUT2D eigenvalue weighted by Crippen LogP contribution is -2.37. The van der Waals surface area contributed by atoms with E-state index in [1.807, 2.05) is 0 Å². The lowest BCUT2D eigenvalue weighted by molar-refractivity contribution is -0.186. The molecule has 7 heteroatoms. The third-order valence-corrected chi connectivity index (χ3v) is 4.96. The zero-order valence-electron chi connectivity index (χ0n) is 9.65. The third kappa shape index (κ3) is 3.54. The number of hydrogen-bond acceptors (Lipinski definition) is 4. The summed E-state index contributed by atoms with van der Waals surface area (Å²) < 4.78 is 36.3. The van der Waals surface area contributed by atoms with Gasteiger partial charge in [-0.1, -0.05) is 6.42 Å². The minimum Gasteiger partial charge on any atom is -0.347 e. The van der Waals surface area contributed by atoms with Crippen LogP contribution in [0.2, 0.25) is 0 Å². The van der Waals surface area contributed by atoms with Crippen molar-refractivity contribution in [2.24, 2.45) is 0 Å². The normalized spacial score (nSPS) is 28.6. The Bertz CT molecular complexity index is 353. The van der Waals surface area contributed by atoms with Gasteiger partial charge in [0.2, 0.25) is 10.0 Å². The van der Waals surface area contributed by atoms with Crippen LogP contribution in [-0.2, 0) is 19.5 Å². The number of nitrogens with one attached hydrogen (secondary N) is 1.